The van der Waals surface area contributed by atoms with Crippen LogP contribution in [0.5, 0.6) is 0 Å². The third-order valence-electron chi connectivity index (χ3n) is 4.84. The van der Waals surface area contributed by atoms with Gasteiger partial charge in [0, 0.05) is 32.4 Å². The lowest BCUT2D eigenvalue weighted by molar-refractivity contribution is -0.502. The molecule has 0 N–H and O–H groups in total. The molecule has 0 unspecified atom stereocenters. The minimum absolute atomic E-state index is 0.0825. The van der Waals surface area contributed by atoms with Gasteiger partial charge in [-0.1, -0.05) is 44.9 Å². The molecule has 0 amide bonds. The summed E-state index contributed by atoms with van der Waals surface area (Å²) in [6, 6.07) is 0. The molecular weight excluding hydrogens is 280 g/mol. The van der Waals surface area contributed by atoms with Crippen molar-refractivity contribution in [3.63, 3.8) is 0 Å². The van der Waals surface area contributed by atoms with Gasteiger partial charge in [-0.25, -0.2) is 4.58 Å². The van der Waals surface area contributed by atoms with E-state index in [1.54, 1.807) is 5.71 Å². The van der Waals surface area contributed by atoms with E-state index < -0.39 is 0 Å². The molecule has 0 fully saturated rings. The average Bonchev–Trinajstić information content (AvgIpc) is 2.56. The second-order valence-corrected chi connectivity index (χ2v) is 8.54. The van der Waals surface area contributed by atoms with E-state index in [4.69, 9.17) is 0 Å². The van der Waals surface area contributed by atoms with Crippen LogP contribution in [-0.4, -0.2) is 42.9 Å². The topological polar surface area (TPSA) is 6.25 Å². The molecule has 0 bridgehead atoms. The van der Waals surface area contributed by atoms with Gasteiger partial charge in [-0.3, -0.25) is 0 Å². The van der Waals surface area contributed by atoms with Gasteiger partial charge in [-0.2, -0.15) is 0 Å². The fourth-order valence-electron chi connectivity index (χ4n) is 3.23. The molecule has 0 aromatic rings. The Labute approximate surface area is 145 Å². The number of rotatable bonds is 5. The smallest absolute Gasteiger partial charge is 0.161 e. The third-order valence-corrected chi connectivity index (χ3v) is 4.84. The molecule has 0 saturated carbocycles. The summed E-state index contributed by atoms with van der Waals surface area (Å²) in [6.45, 7) is 10.5. The van der Waals surface area contributed by atoms with E-state index in [0.717, 1.165) is 0 Å². The van der Waals surface area contributed by atoms with Crippen molar-refractivity contribution < 1.29 is 4.58 Å². The van der Waals surface area contributed by atoms with Gasteiger partial charge < -0.3 is 4.90 Å². The van der Waals surface area contributed by atoms with E-state index in [2.05, 4.69) is 82.7 Å². The first-order valence-electron chi connectivity index (χ1n) is 9.28. The first kappa shape index (κ1) is 20.0. The zero-order valence-electron chi connectivity index (χ0n) is 16.7. The Hall–Kier alpha value is -1.05. The van der Waals surface area contributed by atoms with Crippen molar-refractivity contribution in [3.05, 3.63) is 24.4 Å². The normalized spacial score (nSPS) is 19.1. The molecule has 0 saturated heterocycles. The van der Waals surface area contributed by atoms with E-state index in [0.29, 0.717) is 0 Å². The SMILES string of the molecule is CN(C)/C=C/C(C)(C)/C=C/C(C)(C)C1=[N+](C)CCCCCCC1. The molecule has 1 aliphatic rings. The van der Waals surface area contributed by atoms with E-state index in [9.17, 15) is 0 Å². The van der Waals surface area contributed by atoms with E-state index in [1.165, 1.54) is 45.1 Å². The number of nitrogens with zero attached hydrogens (tertiary/aromatic N) is 2. The first-order chi connectivity index (χ1) is 10.6. The summed E-state index contributed by atoms with van der Waals surface area (Å²) < 4.78 is 2.53. The molecule has 0 atom stereocenters. The van der Waals surface area contributed by atoms with Crippen LogP contribution in [0.3, 0.4) is 0 Å². The predicted octanol–water partition coefficient (Wildman–Crippen LogP) is 5.11. The summed E-state index contributed by atoms with van der Waals surface area (Å²) in [5, 5.41) is 0. The summed E-state index contributed by atoms with van der Waals surface area (Å²) in [5.41, 5.74) is 1.81. The molecule has 0 radical (unpaired) electrons. The maximum Gasteiger partial charge on any atom is 0.161 e. The van der Waals surface area contributed by atoms with Crippen LogP contribution in [0, 0.1) is 10.8 Å². The first-order valence-corrected chi connectivity index (χ1v) is 9.28. The molecule has 0 spiro atoms. The molecule has 23 heavy (non-hydrogen) atoms. The highest BCUT2D eigenvalue weighted by atomic mass is 15.0. The number of allylic oxidation sites excluding steroid dienone is 3. The van der Waals surface area contributed by atoms with Crippen LogP contribution in [0.1, 0.15) is 66.2 Å². The van der Waals surface area contributed by atoms with Crippen molar-refractivity contribution in [1.82, 2.24) is 4.90 Å². The Morgan fingerprint density at radius 3 is 2.13 bits per heavy atom. The van der Waals surface area contributed by atoms with Gasteiger partial charge in [-0.15, -0.1) is 0 Å². The van der Waals surface area contributed by atoms with Crippen LogP contribution < -0.4 is 0 Å². The molecular formula is C21H39N2+. The van der Waals surface area contributed by atoms with Crippen LogP contribution in [0.25, 0.3) is 0 Å². The molecule has 1 heterocycles. The van der Waals surface area contributed by atoms with Gasteiger partial charge in [-0.05, 0) is 32.9 Å². The van der Waals surface area contributed by atoms with Crippen LogP contribution in [0.4, 0.5) is 0 Å². The van der Waals surface area contributed by atoms with Crippen LogP contribution in [-0.2, 0) is 0 Å². The Morgan fingerprint density at radius 2 is 1.48 bits per heavy atom. The summed E-state index contributed by atoms with van der Waals surface area (Å²) in [4.78, 5) is 2.10. The summed E-state index contributed by atoms with van der Waals surface area (Å²) >= 11 is 0. The van der Waals surface area contributed by atoms with E-state index >= 15 is 0 Å². The zero-order valence-corrected chi connectivity index (χ0v) is 16.7. The molecule has 2 heteroatoms. The van der Waals surface area contributed by atoms with Crippen molar-refractivity contribution >= 4 is 5.71 Å². The number of hydrogen-bond donors (Lipinski definition) is 0. The molecule has 2 nitrogen and oxygen atoms in total. The van der Waals surface area contributed by atoms with Crippen molar-refractivity contribution in [2.75, 3.05) is 27.7 Å². The highest BCUT2D eigenvalue weighted by molar-refractivity contribution is 5.87. The fourth-order valence-corrected chi connectivity index (χ4v) is 3.23. The van der Waals surface area contributed by atoms with Gasteiger partial charge in [0.1, 0.15) is 13.6 Å². The quantitative estimate of drug-likeness (QED) is 0.504. The van der Waals surface area contributed by atoms with Gasteiger partial charge >= 0.3 is 0 Å². The van der Waals surface area contributed by atoms with Gasteiger partial charge in [0.2, 0.25) is 0 Å². The largest absolute Gasteiger partial charge is 0.384 e. The maximum atomic E-state index is 2.53. The van der Waals surface area contributed by atoms with Gasteiger partial charge in [0.15, 0.2) is 5.71 Å². The molecule has 132 valence electrons. The van der Waals surface area contributed by atoms with Gasteiger partial charge in [0.25, 0.3) is 0 Å². The number of hydrogen-bond acceptors (Lipinski definition) is 1. The van der Waals surface area contributed by atoms with Crippen molar-refractivity contribution in [2.24, 2.45) is 10.8 Å². The van der Waals surface area contributed by atoms with E-state index in [-0.39, 0.29) is 10.8 Å². The Kier molecular flexibility index (Phi) is 7.57. The molecule has 0 aromatic heterocycles. The van der Waals surface area contributed by atoms with E-state index in [1.807, 2.05) is 0 Å². The standard InChI is InChI=1S/C21H39N2/c1-20(2,16-18-22(5)6)14-15-21(3,4)19-13-11-9-8-10-12-17-23(19)7/h14-16,18H,8-13,17H2,1-7H3/q+1/b15-14+,18-16+,23-19?. The minimum atomic E-state index is 0.0825. The Balaban J connectivity index is 2.94. The Bertz CT molecular complexity index is 450. The van der Waals surface area contributed by atoms with Crippen molar-refractivity contribution in [2.45, 2.75) is 66.2 Å². The van der Waals surface area contributed by atoms with Crippen molar-refractivity contribution in [3.8, 4) is 0 Å². The summed E-state index contributed by atoms with van der Waals surface area (Å²) in [5.74, 6) is 0. The van der Waals surface area contributed by atoms with Crippen molar-refractivity contribution in [1.29, 1.82) is 0 Å². The second kappa shape index (κ2) is 8.70. The Morgan fingerprint density at radius 1 is 0.870 bits per heavy atom. The van der Waals surface area contributed by atoms with Gasteiger partial charge in [0.05, 0.1) is 5.41 Å². The van der Waals surface area contributed by atoms with Crippen LogP contribution in [0.15, 0.2) is 24.4 Å². The lowest BCUT2D eigenvalue weighted by Crippen LogP contribution is -2.31. The average molecular weight is 320 g/mol. The predicted molar refractivity (Wildman–Crippen MR) is 103 cm³/mol. The lowest BCUT2D eigenvalue weighted by atomic mass is 9.81. The summed E-state index contributed by atoms with van der Waals surface area (Å²) in [6.07, 6.45) is 17.3. The molecule has 0 aromatic carbocycles. The molecule has 1 aliphatic heterocycles. The van der Waals surface area contributed by atoms with Crippen LogP contribution >= 0.6 is 0 Å². The molecule has 0 aliphatic carbocycles. The monoisotopic (exact) mass is 319 g/mol. The fraction of sp³-hybridized carbons (Fsp3) is 0.762. The summed E-state index contributed by atoms with van der Waals surface area (Å²) in [7, 11) is 6.43. The lowest BCUT2D eigenvalue weighted by Gasteiger charge is -2.24. The minimum Gasteiger partial charge on any atom is -0.384 e. The zero-order chi connectivity index (χ0) is 17.5. The highest BCUT2D eigenvalue weighted by Crippen LogP contribution is 2.28. The molecule has 1 rings (SSSR count). The third kappa shape index (κ3) is 7.37. The second-order valence-electron chi connectivity index (χ2n) is 8.54. The van der Waals surface area contributed by atoms with Crippen LogP contribution in [0.2, 0.25) is 0 Å². The maximum absolute atomic E-state index is 2.53. The highest BCUT2D eigenvalue weighted by Gasteiger charge is 2.30.